The molecule has 4 atom stereocenters. The van der Waals surface area contributed by atoms with Crippen LogP contribution in [0.3, 0.4) is 0 Å². The maximum Gasteiger partial charge on any atom is 0.410 e. The van der Waals surface area contributed by atoms with Crippen LogP contribution in [0.25, 0.3) is 16.6 Å². The van der Waals surface area contributed by atoms with E-state index in [0.717, 1.165) is 27.7 Å². The van der Waals surface area contributed by atoms with E-state index in [0.29, 0.717) is 51.3 Å². The van der Waals surface area contributed by atoms with Gasteiger partial charge in [0.2, 0.25) is 0 Å². The first-order valence-electron chi connectivity index (χ1n) is 18.1. The van der Waals surface area contributed by atoms with Crippen LogP contribution < -0.4 is 5.73 Å². The third-order valence-corrected chi connectivity index (χ3v) is 9.32. The van der Waals surface area contributed by atoms with E-state index in [1.807, 2.05) is 88.3 Å². The van der Waals surface area contributed by atoms with Gasteiger partial charge >= 0.3 is 12.2 Å². The molecule has 0 unspecified atom stereocenters. The highest BCUT2D eigenvalue weighted by Crippen LogP contribution is 2.49. The summed E-state index contributed by atoms with van der Waals surface area (Å²) in [4.78, 5) is 39.5. The lowest BCUT2D eigenvalue weighted by Crippen LogP contribution is -2.44. The van der Waals surface area contributed by atoms with Gasteiger partial charge in [-0.05, 0) is 101 Å². The van der Waals surface area contributed by atoms with Crippen LogP contribution in [0.15, 0.2) is 42.9 Å². The third-order valence-electron chi connectivity index (χ3n) is 9.32. The largest absolute Gasteiger partial charge is 0.444 e. The van der Waals surface area contributed by atoms with Gasteiger partial charge in [-0.3, -0.25) is 0 Å². The summed E-state index contributed by atoms with van der Waals surface area (Å²) in [6.45, 7) is 26.5. The number of anilines is 1. The second kappa shape index (κ2) is 15.8. The number of nitrogens with zero attached hydrogens (tertiary/aromatic N) is 5. The lowest BCUT2D eigenvalue weighted by Gasteiger charge is -2.32. The van der Waals surface area contributed by atoms with Gasteiger partial charge in [-0.15, -0.1) is 0 Å². The van der Waals surface area contributed by atoms with E-state index in [1.54, 1.807) is 15.9 Å². The van der Waals surface area contributed by atoms with E-state index in [1.165, 1.54) is 6.33 Å². The molecule has 0 spiro atoms. The molecule has 1 aliphatic carbocycles. The molecule has 1 aliphatic heterocycles. The molecule has 1 saturated carbocycles. The number of ether oxygens (including phenoxy) is 4. The maximum absolute atomic E-state index is 13.8. The van der Waals surface area contributed by atoms with Gasteiger partial charge in [0.15, 0.2) is 5.79 Å². The number of nitrogens with two attached hydrogens (primary N) is 1. The number of carbonyl (C=O) groups excluding carboxylic acids is 2. The van der Waals surface area contributed by atoms with Crippen LogP contribution in [0.4, 0.5) is 15.4 Å². The van der Waals surface area contributed by atoms with Gasteiger partial charge in [-0.2, -0.15) is 0 Å². The van der Waals surface area contributed by atoms with E-state index in [9.17, 15) is 9.59 Å². The molecule has 2 fully saturated rings. The fourth-order valence-corrected chi connectivity index (χ4v) is 6.89. The first-order valence-corrected chi connectivity index (χ1v) is 18.1. The average Bonchev–Trinajstić information content (AvgIpc) is 3.67. The summed E-state index contributed by atoms with van der Waals surface area (Å²) >= 11 is 0. The molecule has 3 heterocycles. The third kappa shape index (κ3) is 9.91. The Morgan fingerprint density at radius 1 is 1.00 bits per heavy atom. The maximum atomic E-state index is 13.8. The van der Waals surface area contributed by atoms with Crippen molar-refractivity contribution < 1.29 is 28.5 Å². The molecule has 2 aromatic heterocycles. The number of amides is 2. The predicted molar refractivity (Wildman–Crippen MR) is 201 cm³/mol. The first-order chi connectivity index (χ1) is 23.8. The fraction of sp³-hybridized carbons (Fsp3) is 0.641. The minimum absolute atomic E-state index is 0.0796. The molecule has 0 bridgehead atoms. The summed E-state index contributed by atoms with van der Waals surface area (Å²) in [5.74, 6) is -0.468. The minimum atomic E-state index is -0.812. The Morgan fingerprint density at radius 3 is 2.20 bits per heavy atom. The number of fused-ring (bicyclic) bond motifs is 2. The highest BCUT2D eigenvalue weighted by atomic mass is 16.8. The van der Waals surface area contributed by atoms with Gasteiger partial charge in [0.25, 0.3) is 0 Å². The monoisotopic (exact) mass is 708 g/mol. The van der Waals surface area contributed by atoms with Crippen LogP contribution in [-0.2, 0) is 18.9 Å². The zero-order valence-electron chi connectivity index (χ0n) is 32.6. The molecule has 1 saturated heterocycles. The van der Waals surface area contributed by atoms with Crippen LogP contribution in [0, 0.1) is 5.92 Å². The van der Waals surface area contributed by atoms with Crippen molar-refractivity contribution in [2.75, 3.05) is 31.9 Å². The van der Waals surface area contributed by atoms with Crippen molar-refractivity contribution in [1.29, 1.82) is 0 Å². The Labute approximate surface area is 304 Å². The number of hydrogen-bond donors (Lipinski definition) is 1. The molecule has 2 aromatic rings. The van der Waals surface area contributed by atoms with Crippen LogP contribution in [0.1, 0.15) is 107 Å². The molecular weight excluding hydrogens is 648 g/mol. The molecule has 0 aromatic carbocycles. The van der Waals surface area contributed by atoms with Gasteiger partial charge in [-0.25, -0.2) is 19.6 Å². The molecule has 282 valence electrons. The van der Waals surface area contributed by atoms with Crippen LogP contribution in [-0.4, -0.2) is 91.9 Å². The normalized spacial score (nSPS) is 22.2. The summed E-state index contributed by atoms with van der Waals surface area (Å²) in [6, 6.07) is -0.134. The smallest absolute Gasteiger partial charge is 0.410 e. The first kappa shape index (κ1) is 39.9. The Bertz CT molecular complexity index is 1630. The van der Waals surface area contributed by atoms with Crippen molar-refractivity contribution in [2.45, 2.75) is 131 Å². The topological polar surface area (TPSA) is 134 Å². The van der Waals surface area contributed by atoms with Gasteiger partial charge in [0, 0.05) is 43.9 Å². The number of nitrogen functional groups attached to an aromatic ring is 1. The van der Waals surface area contributed by atoms with Crippen molar-refractivity contribution in [1.82, 2.24) is 24.3 Å². The zero-order valence-corrected chi connectivity index (χ0v) is 32.6. The Hall–Kier alpha value is -3.90. The molecule has 12 heteroatoms. The average molecular weight is 709 g/mol. The minimum Gasteiger partial charge on any atom is -0.444 e. The van der Waals surface area contributed by atoms with Crippen molar-refractivity contribution in [3.63, 3.8) is 0 Å². The Morgan fingerprint density at radius 2 is 1.61 bits per heavy atom. The molecular formula is C39H60N6O6. The van der Waals surface area contributed by atoms with E-state index in [-0.39, 0.29) is 30.3 Å². The van der Waals surface area contributed by atoms with Gasteiger partial charge in [0.05, 0.1) is 17.5 Å². The van der Waals surface area contributed by atoms with E-state index in [4.69, 9.17) is 24.7 Å². The van der Waals surface area contributed by atoms with Crippen molar-refractivity contribution in [2.24, 2.45) is 5.92 Å². The van der Waals surface area contributed by atoms with Crippen molar-refractivity contribution >= 4 is 34.6 Å². The molecule has 12 nitrogen and oxygen atoms in total. The van der Waals surface area contributed by atoms with Crippen LogP contribution in [0.2, 0.25) is 0 Å². The summed E-state index contributed by atoms with van der Waals surface area (Å²) in [7, 11) is 0. The summed E-state index contributed by atoms with van der Waals surface area (Å²) in [5.41, 5.74) is 8.91. The molecule has 2 amide bonds. The molecule has 51 heavy (non-hydrogen) atoms. The molecule has 2 N–H and O–H groups in total. The Kier molecular flexibility index (Phi) is 12.3. The van der Waals surface area contributed by atoms with Crippen molar-refractivity contribution in [3.05, 3.63) is 48.5 Å². The molecule has 4 rings (SSSR count). The zero-order chi connectivity index (χ0) is 37.9. The lowest BCUT2D eigenvalue weighted by molar-refractivity contribution is -0.160. The number of hydrogen-bond acceptors (Lipinski definition) is 9. The van der Waals surface area contributed by atoms with E-state index >= 15 is 0 Å². The highest BCUT2D eigenvalue weighted by Gasteiger charge is 2.55. The quantitative estimate of drug-likeness (QED) is 0.218. The fourth-order valence-electron chi connectivity index (χ4n) is 6.89. The van der Waals surface area contributed by atoms with Crippen LogP contribution in [0.5, 0.6) is 0 Å². The standard InChI is InChI=1S/C39H60N6O6/c1-13-25(4)28-23-45(34-30(28)33(40)41-24-42-34)29-21-27(31-32(29)49-39(11,12)48-31)22-44(36(47)51-38(8,9)10)19-16-18-43(20-17-26(14-2)15-3)35(46)50-37(5,6)7/h13-15,23-24,27,29,31-32H,2,16-22H2,1,3-12H3,(H2,40,41,42)/b25-13+,26-15+/t27-,29-,31-,32+/m1/s1. The summed E-state index contributed by atoms with van der Waals surface area (Å²) in [5, 5.41) is 0.811. The molecule has 0 radical (unpaired) electrons. The van der Waals surface area contributed by atoms with Crippen LogP contribution >= 0.6 is 0 Å². The Balaban J connectivity index is 1.61. The van der Waals surface area contributed by atoms with Gasteiger partial charge in [0.1, 0.15) is 35.1 Å². The highest BCUT2D eigenvalue weighted by molar-refractivity contribution is 5.97. The number of carbonyl (C=O) groups is 2. The van der Waals surface area contributed by atoms with E-state index in [2.05, 4.69) is 27.3 Å². The van der Waals surface area contributed by atoms with Gasteiger partial charge < -0.3 is 39.0 Å². The second-order valence-electron chi connectivity index (χ2n) is 16.1. The number of allylic oxidation sites excluding steroid dienone is 4. The van der Waals surface area contributed by atoms with Crippen molar-refractivity contribution in [3.8, 4) is 0 Å². The lowest BCUT2D eigenvalue weighted by atomic mass is 10.0. The van der Waals surface area contributed by atoms with E-state index < -0.39 is 23.1 Å². The predicted octanol–water partition coefficient (Wildman–Crippen LogP) is 7.90. The summed E-state index contributed by atoms with van der Waals surface area (Å²) < 4.78 is 26.9. The summed E-state index contributed by atoms with van der Waals surface area (Å²) in [6.07, 6.45) is 9.89. The number of rotatable bonds is 12. The SMILES string of the molecule is C=C/C(=C\C)CCN(CCCN(C[C@H]1C[C@@H](n2cc(/C(C)=C/C)c3c(N)ncnc32)[C@@H]2OC(C)(C)O[C@H]12)C(=O)OC(C)(C)C)C(=O)OC(C)(C)C. The van der Waals surface area contributed by atoms with Gasteiger partial charge in [-0.1, -0.05) is 30.4 Å². The molecule has 2 aliphatic rings. The second-order valence-corrected chi connectivity index (χ2v) is 16.1. The number of aromatic nitrogens is 3.